The molecule has 2 nitrogen and oxygen atoms in total. The van der Waals surface area contributed by atoms with Crippen LogP contribution in [-0.2, 0) is 0 Å². The molecule has 0 rings (SSSR count). The lowest BCUT2D eigenvalue weighted by atomic mass is 10.4. The summed E-state index contributed by atoms with van der Waals surface area (Å²) in [6, 6.07) is 0. The van der Waals surface area contributed by atoms with Gasteiger partial charge in [-0.2, -0.15) is 10.2 Å². The first-order chi connectivity index (χ1) is 3.81. The molecule has 0 N–H and O–H groups in total. The van der Waals surface area contributed by atoms with Crippen LogP contribution < -0.4 is 0 Å². The molecular weight excluding hydrogens is 100 g/mol. The van der Waals surface area contributed by atoms with E-state index in [1.54, 1.807) is 12.3 Å². The first kappa shape index (κ1) is 7.08. The van der Waals surface area contributed by atoms with Gasteiger partial charge < -0.3 is 0 Å². The molecule has 0 aromatic rings. The first-order valence-corrected chi connectivity index (χ1v) is 2.46. The minimum atomic E-state index is 0.836. The van der Waals surface area contributed by atoms with Crippen molar-refractivity contribution in [2.45, 2.75) is 13.8 Å². The summed E-state index contributed by atoms with van der Waals surface area (Å²) in [7, 11) is 0. The van der Waals surface area contributed by atoms with Gasteiger partial charge >= 0.3 is 0 Å². The second-order valence-electron chi connectivity index (χ2n) is 1.32. The summed E-state index contributed by atoms with van der Waals surface area (Å²) in [6.45, 7) is 7.18. The molecule has 0 radical (unpaired) electrons. The van der Waals surface area contributed by atoms with Gasteiger partial charge in [0.2, 0.25) is 0 Å². The van der Waals surface area contributed by atoms with E-state index in [1.165, 1.54) is 0 Å². The van der Waals surface area contributed by atoms with Crippen LogP contribution in [0.1, 0.15) is 13.8 Å². The standard InChI is InChI=1S/C6H10N2/c1-4-6(3)8-7-5-2/h4-5H,1H2,2-3H3. The molecule has 0 spiro atoms. The second-order valence-corrected chi connectivity index (χ2v) is 1.32. The summed E-state index contributed by atoms with van der Waals surface area (Å²) >= 11 is 0. The molecule has 0 fully saturated rings. The smallest absolute Gasteiger partial charge is 0.0593 e. The largest absolute Gasteiger partial charge is 0.164 e. The Hall–Kier alpha value is -0.920. The van der Waals surface area contributed by atoms with Crippen molar-refractivity contribution in [3.05, 3.63) is 12.7 Å². The highest BCUT2D eigenvalue weighted by molar-refractivity contribution is 5.92. The molecule has 0 unspecified atom stereocenters. The van der Waals surface area contributed by atoms with E-state index in [2.05, 4.69) is 16.8 Å². The minimum absolute atomic E-state index is 0.836. The second kappa shape index (κ2) is 4.24. The number of rotatable bonds is 2. The highest BCUT2D eigenvalue weighted by Crippen LogP contribution is 1.77. The van der Waals surface area contributed by atoms with Crippen molar-refractivity contribution in [2.75, 3.05) is 0 Å². The van der Waals surface area contributed by atoms with Crippen molar-refractivity contribution in [3.8, 4) is 0 Å². The maximum absolute atomic E-state index is 3.73. The lowest BCUT2D eigenvalue weighted by molar-refractivity contribution is 1.24. The van der Waals surface area contributed by atoms with Gasteiger partial charge in [0.05, 0.1) is 5.71 Å². The summed E-state index contributed by atoms with van der Waals surface area (Å²) in [5.74, 6) is 0. The molecule has 44 valence electrons. The third-order valence-corrected chi connectivity index (χ3v) is 0.626. The van der Waals surface area contributed by atoms with E-state index >= 15 is 0 Å². The van der Waals surface area contributed by atoms with Crippen LogP contribution in [0.2, 0.25) is 0 Å². The Morgan fingerprint density at radius 3 is 2.62 bits per heavy atom. The quantitative estimate of drug-likeness (QED) is 0.381. The maximum Gasteiger partial charge on any atom is 0.0593 e. The van der Waals surface area contributed by atoms with Crippen LogP contribution in [-0.4, -0.2) is 11.9 Å². The van der Waals surface area contributed by atoms with Crippen molar-refractivity contribution < 1.29 is 0 Å². The van der Waals surface area contributed by atoms with Gasteiger partial charge in [0.25, 0.3) is 0 Å². The third kappa shape index (κ3) is 3.28. The zero-order valence-electron chi connectivity index (χ0n) is 5.26. The lowest BCUT2D eigenvalue weighted by Gasteiger charge is -1.79. The van der Waals surface area contributed by atoms with E-state index in [4.69, 9.17) is 0 Å². The number of hydrogen-bond acceptors (Lipinski definition) is 2. The van der Waals surface area contributed by atoms with Crippen molar-refractivity contribution in [2.24, 2.45) is 10.2 Å². The van der Waals surface area contributed by atoms with Crippen molar-refractivity contribution in [1.82, 2.24) is 0 Å². The minimum Gasteiger partial charge on any atom is -0.164 e. The van der Waals surface area contributed by atoms with Crippen LogP contribution >= 0.6 is 0 Å². The van der Waals surface area contributed by atoms with Gasteiger partial charge in [-0.3, -0.25) is 0 Å². The lowest BCUT2D eigenvalue weighted by Crippen LogP contribution is -1.78. The molecule has 0 heterocycles. The van der Waals surface area contributed by atoms with E-state index in [-0.39, 0.29) is 0 Å². The summed E-state index contributed by atoms with van der Waals surface area (Å²) in [5, 5.41) is 7.36. The van der Waals surface area contributed by atoms with Gasteiger partial charge in [-0.25, -0.2) is 0 Å². The molecule has 0 amide bonds. The van der Waals surface area contributed by atoms with E-state index in [1.807, 2.05) is 13.8 Å². The Balaban J connectivity index is 3.74. The Labute approximate surface area is 49.6 Å². The molecule has 0 aromatic carbocycles. The van der Waals surface area contributed by atoms with Crippen LogP contribution in [0.25, 0.3) is 0 Å². The third-order valence-electron chi connectivity index (χ3n) is 0.626. The van der Waals surface area contributed by atoms with Gasteiger partial charge in [-0.1, -0.05) is 6.58 Å². The van der Waals surface area contributed by atoms with Gasteiger partial charge in [0.15, 0.2) is 0 Å². The molecule has 8 heavy (non-hydrogen) atoms. The van der Waals surface area contributed by atoms with E-state index in [0.29, 0.717) is 0 Å². The normalized spacial score (nSPS) is 12.5. The molecule has 0 saturated heterocycles. The topological polar surface area (TPSA) is 24.7 Å². The summed E-state index contributed by atoms with van der Waals surface area (Å²) < 4.78 is 0. The predicted octanol–water partition coefficient (Wildman–Crippen LogP) is 1.64. The Morgan fingerprint density at radius 2 is 2.25 bits per heavy atom. The fourth-order valence-corrected chi connectivity index (χ4v) is 0.190. The fourth-order valence-electron chi connectivity index (χ4n) is 0.190. The Morgan fingerprint density at radius 1 is 1.62 bits per heavy atom. The summed E-state index contributed by atoms with van der Waals surface area (Å²) in [5.41, 5.74) is 0.836. The van der Waals surface area contributed by atoms with Gasteiger partial charge in [0.1, 0.15) is 0 Å². The first-order valence-electron chi connectivity index (χ1n) is 2.46. The molecule has 0 saturated carbocycles. The van der Waals surface area contributed by atoms with Crippen molar-refractivity contribution in [3.63, 3.8) is 0 Å². The maximum atomic E-state index is 3.73. The van der Waals surface area contributed by atoms with Crippen LogP contribution in [0.4, 0.5) is 0 Å². The molecular formula is C6H10N2. The highest BCUT2D eigenvalue weighted by Gasteiger charge is 1.73. The summed E-state index contributed by atoms with van der Waals surface area (Å²) in [4.78, 5) is 0. The fraction of sp³-hybridized carbons (Fsp3) is 0.333. The van der Waals surface area contributed by atoms with Crippen LogP contribution in [0, 0.1) is 0 Å². The SMILES string of the molecule is C=CC(C)=NN=CC. The van der Waals surface area contributed by atoms with Crippen LogP contribution in [0.15, 0.2) is 22.9 Å². The van der Waals surface area contributed by atoms with Crippen LogP contribution in [0.5, 0.6) is 0 Å². The zero-order valence-corrected chi connectivity index (χ0v) is 5.26. The van der Waals surface area contributed by atoms with Crippen LogP contribution in [0.3, 0.4) is 0 Å². The molecule has 0 aliphatic rings. The number of hydrogen-bond donors (Lipinski definition) is 0. The highest BCUT2D eigenvalue weighted by atomic mass is 15.2. The van der Waals surface area contributed by atoms with Crippen molar-refractivity contribution in [1.29, 1.82) is 0 Å². The monoisotopic (exact) mass is 110 g/mol. The Bertz CT molecular complexity index is 122. The molecule has 0 aromatic heterocycles. The zero-order chi connectivity index (χ0) is 6.41. The van der Waals surface area contributed by atoms with E-state index in [9.17, 15) is 0 Å². The molecule has 0 bridgehead atoms. The van der Waals surface area contributed by atoms with E-state index < -0.39 is 0 Å². The van der Waals surface area contributed by atoms with Gasteiger partial charge in [-0.05, 0) is 19.9 Å². The number of nitrogens with zero attached hydrogens (tertiary/aromatic N) is 2. The molecule has 0 aliphatic carbocycles. The molecule has 0 atom stereocenters. The molecule has 2 heteroatoms. The van der Waals surface area contributed by atoms with Crippen molar-refractivity contribution >= 4 is 11.9 Å². The van der Waals surface area contributed by atoms with Gasteiger partial charge in [0, 0.05) is 6.21 Å². The summed E-state index contributed by atoms with van der Waals surface area (Å²) in [6.07, 6.45) is 3.29. The Kier molecular flexibility index (Phi) is 3.76. The average Bonchev–Trinajstić information content (AvgIpc) is 1.83. The predicted molar refractivity (Wildman–Crippen MR) is 37.5 cm³/mol. The average molecular weight is 110 g/mol. The van der Waals surface area contributed by atoms with E-state index in [0.717, 1.165) is 5.71 Å². The molecule has 0 aliphatic heterocycles. The van der Waals surface area contributed by atoms with Gasteiger partial charge in [-0.15, -0.1) is 0 Å². The number of allylic oxidation sites excluding steroid dienone is 1.